The van der Waals surface area contributed by atoms with Gasteiger partial charge in [0.05, 0.1) is 5.69 Å². The molecular formula is C9H9N3O2. The summed E-state index contributed by atoms with van der Waals surface area (Å²) in [6.45, 7) is 0. The summed E-state index contributed by atoms with van der Waals surface area (Å²) in [4.78, 5) is 19.5. The molecule has 0 aromatic carbocycles. The van der Waals surface area contributed by atoms with Gasteiger partial charge in [0.25, 0.3) is 0 Å². The number of nitrogens with one attached hydrogen (secondary N) is 2. The molecule has 2 rings (SSSR count). The van der Waals surface area contributed by atoms with Crippen LogP contribution in [0.2, 0.25) is 0 Å². The van der Waals surface area contributed by atoms with Gasteiger partial charge in [-0.2, -0.15) is 0 Å². The molecule has 0 amide bonds. The smallest absolute Gasteiger partial charge is 0.325 e. The topological polar surface area (TPSA) is 81.8 Å². The third kappa shape index (κ3) is 1.66. The van der Waals surface area contributed by atoms with Gasteiger partial charge in [-0.25, -0.2) is 4.79 Å². The molecule has 2 aromatic heterocycles. The summed E-state index contributed by atoms with van der Waals surface area (Å²) in [5.41, 5.74) is 1.07. The van der Waals surface area contributed by atoms with E-state index in [0.717, 1.165) is 5.56 Å². The van der Waals surface area contributed by atoms with Crippen molar-refractivity contribution >= 4 is 0 Å². The molecule has 0 radical (unpaired) electrons. The number of aromatic amines is 2. The number of H-pyrrole nitrogens is 2. The molecule has 3 N–H and O–H groups in total. The quantitative estimate of drug-likeness (QED) is 0.642. The van der Waals surface area contributed by atoms with Gasteiger partial charge in [-0.05, 0) is 17.7 Å². The second-order valence-electron chi connectivity index (χ2n) is 2.94. The van der Waals surface area contributed by atoms with Crippen LogP contribution in [-0.4, -0.2) is 20.1 Å². The van der Waals surface area contributed by atoms with Crippen LogP contribution >= 0.6 is 0 Å². The number of hydrogen-bond donors (Lipinski definition) is 3. The molecule has 2 heterocycles. The fourth-order valence-electron chi connectivity index (χ4n) is 1.24. The number of nitrogens with zero attached hydrogens (tertiary/aromatic N) is 1. The Kier molecular flexibility index (Phi) is 2.06. The first-order chi connectivity index (χ1) is 6.75. The second-order valence-corrected chi connectivity index (χ2v) is 2.94. The Morgan fingerprint density at radius 3 is 2.57 bits per heavy atom. The molecule has 0 bridgehead atoms. The first-order valence-electron chi connectivity index (χ1n) is 4.15. The first kappa shape index (κ1) is 8.55. The van der Waals surface area contributed by atoms with E-state index < -0.39 is 5.69 Å². The van der Waals surface area contributed by atoms with Gasteiger partial charge in [-0.3, -0.25) is 9.97 Å². The van der Waals surface area contributed by atoms with Gasteiger partial charge in [0.2, 0.25) is 5.88 Å². The number of aromatic hydroxyl groups is 1. The van der Waals surface area contributed by atoms with Crippen LogP contribution in [0.15, 0.2) is 29.3 Å². The molecule has 0 aliphatic carbocycles. The summed E-state index contributed by atoms with van der Waals surface area (Å²) in [5.74, 6) is -0.105. The van der Waals surface area contributed by atoms with Crippen molar-refractivity contribution in [2.45, 2.75) is 6.42 Å². The third-order valence-corrected chi connectivity index (χ3v) is 1.91. The Labute approximate surface area is 79.5 Å². The third-order valence-electron chi connectivity index (χ3n) is 1.91. The summed E-state index contributed by atoms with van der Waals surface area (Å²) in [7, 11) is 0. The Morgan fingerprint density at radius 2 is 2.00 bits per heavy atom. The molecule has 5 heteroatoms. The number of hydrogen-bond acceptors (Lipinski definition) is 3. The van der Waals surface area contributed by atoms with Gasteiger partial charge in [0, 0.05) is 18.8 Å². The van der Waals surface area contributed by atoms with Crippen molar-refractivity contribution in [2.75, 3.05) is 0 Å². The van der Waals surface area contributed by atoms with Gasteiger partial charge in [0.15, 0.2) is 0 Å². The zero-order valence-corrected chi connectivity index (χ0v) is 7.32. The van der Waals surface area contributed by atoms with Gasteiger partial charge < -0.3 is 10.1 Å². The van der Waals surface area contributed by atoms with Gasteiger partial charge >= 0.3 is 5.69 Å². The molecule has 5 nitrogen and oxygen atoms in total. The maximum atomic E-state index is 10.8. The van der Waals surface area contributed by atoms with E-state index in [0.29, 0.717) is 12.1 Å². The average molecular weight is 191 g/mol. The van der Waals surface area contributed by atoms with Crippen LogP contribution in [0, 0.1) is 0 Å². The molecule has 2 aromatic rings. The maximum absolute atomic E-state index is 10.8. The van der Waals surface area contributed by atoms with Gasteiger partial charge in [0.1, 0.15) is 0 Å². The van der Waals surface area contributed by atoms with Crippen LogP contribution < -0.4 is 5.69 Å². The predicted molar refractivity (Wildman–Crippen MR) is 50.1 cm³/mol. The van der Waals surface area contributed by atoms with Gasteiger partial charge in [-0.1, -0.05) is 0 Å². The number of imidazole rings is 1. The van der Waals surface area contributed by atoms with Crippen molar-refractivity contribution in [3.63, 3.8) is 0 Å². The van der Waals surface area contributed by atoms with Crippen LogP contribution in [0.4, 0.5) is 0 Å². The molecule has 0 atom stereocenters. The fraction of sp³-hybridized carbons (Fsp3) is 0.111. The fourth-order valence-corrected chi connectivity index (χ4v) is 1.24. The van der Waals surface area contributed by atoms with E-state index in [4.69, 9.17) is 0 Å². The largest absolute Gasteiger partial charge is 0.493 e. The second kappa shape index (κ2) is 3.37. The van der Waals surface area contributed by atoms with E-state index in [1.165, 1.54) is 0 Å². The van der Waals surface area contributed by atoms with Crippen LogP contribution in [-0.2, 0) is 6.42 Å². The van der Waals surface area contributed by atoms with Crippen molar-refractivity contribution in [3.8, 4) is 5.88 Å². The minimum absolute atomic E-state index is 0.105. The monoisotopic (exact) mass is 191 g/mol. The molecular weight excluding hydrogens is 182 g/mol. The Bertz CT molecular complexity index is 472. The summed E-state index contributed by atoms with van der Waals surface area (Å²) >= 11 is 0. The summed E-state index contributed by atoms with van der Waals surface area (Å²) < 4.78 is 0. The molecule has 0 spiro atoms. The minimum Gasteiger partial charge on any atom is -0.493 e. The number of pyridine rings is 1. The highest BCUT2D eigenvalue weighted by molar-refractivity contribution is 5.24. The molecule has 14 heavy (non-hydrogen) atoms. The van der Waals surface area contributed by atoms with E-state index in [1.54, 1.807) is 12.4 Å². The molecule has 0 unspecified atom stereocenters. The van der Waals surface area contributed by atoms with E-state index in [9.17, 15) is 9.90 Å². The lowest BCUT2D eigenvalue weighted by molar-refractivity contribution is 0.450. The van der Waals surface area contributed by atoms with Crippen molar-refractivity contribution in [2.24, 2.45) is 0 Å². The Hall–Kier alpha value is -2.04. The van der Waals surface area contributed by atoms with Crippen LogP contribution in [0.5, 0.6) is 5.88 Å². The normalized spacial score (nSPS) is 10.3. The van der Waals surface area contributed by atoms with Crippen molar-refractivity contribution in [3.05, 3.63) is 46.3 Å². The SMILES string of the molecule is O=c1[nH]c(O)c(Cc2ccncc2)[nH]1. The predicted octanol–water partition coefficient (Wildman–Crippen LogP) is 0.394. The van der Waals surface area contributed by atoms with E-state index in [2.05, 4.69) is 15.0 Å². The molecule has 0 saturated carbocycles. The maximum Gasteiger partial charge on any atom is 0.325 e. The Balaban J connectivity index is 2.27. The molecule has 0 aliphatic rings. The molecule has 0 fully saturated rings. The number of rotatable bonds is 2. The van der Waals surface area contributed by atoms with Crippen molar-refractivity contribution in [1.29, 1.82) is 0 Å². The standard InChI is InChI=1S/C9H9N3O2/c13-8-7(11-9(14)12-8)5-6-1-3-10-4-2-6/h1-4,13H,5H2,(H2,11,12,14). The van der Waals surface area contributed by atoms with E-state index in [1.807, 2.05) is 12.1 Å². The van der Waals surface area contributed by atoms with Crippen LogP contribution in [0.25, 0.3) is 0 Å². The summed E-state index contributed by atoms with van der Waals surface area (Å²) in [6, 6.07) is 3.65. The average Bonchev–Trinajstić information content (AvgIpc) is 2.47. The van der Waals surface area contributed by atoms with E-state index >= 15 is 0 Å². The zero-order valence-electron chi connectivity index (χ0n) is 7.32. The summed E-state index contributed by atoms with van der Waals surface area (Å²) in [5, 5.41) is 9.29. The summed E-state index contributed by atoms with van der Waals surface area (Å²) in [6.07, 6.45) is 3.81. The van der Waals surface area contributed by atoms with Crippen molar-refractivity contribution < 1.29 is 5.11 Å². The molecule has 0 aliphatic heterocycles. The first-order valence-corrected chi connectivity index (χ1v) is 4.15. The lowest BCUT2D eigenvalue weighted by atomic mass is 10.1. The highest BCUT2D eigenvalue weighted by Crippen LogP contribution is 2.12. The zero-order chi connectivity index (χ0) is 9.97. The lowest BCUT2D eigenvalue weighted by Gasteiger charge is -1.97. The van der Waals surface area contributed by atoms with Crippen LogP contribution in [0.1, 0.15) is 11.3 Å². The van der Waals surface area contributed by atoms with E-state index in [-0.39, 0.29) is 5.88 Å². The highest BCUT2D eigenvalue weighted by atomic mass is 16.3. The molecule has 0 saturated heterocycles. The number of aromatic nitrogens is 3. The van der Waals surface area contributed by atoms with Gasteiger partial charge in [-0.15, -0.1) is 0 Å². The minimum atomic E-state index is -0.397. The highest BCUT2D eigenvalue weighted by Gasteiger charge is 2.05. The van der Waals surface area contributed by atoms with Crippen molar-refractivity contribution in [1.82, 2.24) is 15.0 Å². The Morgan fingerprint density at radius 1 is 1.29 bits per heavy atom. The van der Waals surface area contributed by atoms with Crippen LogP contribution in [0.3, 0.4) is 0 Å². The lowest BCUT2D eigenvalue weighted by Crippen LogP contribution is -2.01. The molecule has 72 valence electrons.